The lowest BCUT2D eigenvalue weighted by molar-refractivity contribution is 0.396. The van der Waals surface area contributed by atoms with Crippen LogP contribution < -0.4 is 5.32 Å². The molecule has 0 spiro atoms. The van der Waals surface area contributed by atoms with Crippen molar-refractivity contribution < 1.29 is 0 Å². The van der Waals surface area contributed by atoms with Crippen LogP contribution >= 0.6 is 0 Å². The highest BCUT2D eigenvalue weighted by atomic mass is 14.8. The van der Waals surface area contributed by atoms with E-state index in [0.717, 1.165) is 19.0 Å². The van der Waals surface area contributed by atoms with Crippen LogP contribution in [0.5, 0.6) is 0 Å². The fourth-order valence-electron chi connectivity index (χ4n) is 3.31. The SMILES string of the molecule is CCCNC/C(=C/c1cc(C)ccc1C)C1CCCCC1. The number of rotatable bonds is 6. The van der Waals surface area contributed by atoms with Gasteiger partial charge in [0.15, 0.2) is 0 Å². The Hall–Kier alpha value is -1.08. The van der Waals surface area contributed by atoms with Crippen LogP contribution in [0.1, 0.15) is 62.1 Å². The highest BCUT2D eigenvalue weighted by Gasteiger charge is 2.17. The van der Waals surface area contributed by atoms with Crippen LogP contribution in [0.4, 0.5) is 0 Å². The lowest BCUT2D eigenvalue weighted by Crippen LogP contribution is -2.23. The molecule has 0 heterocycles. The first-order valence-corrected chi connectivity index (χ1v) is 8.69. The minimum absolute atomic E-state index is 0.794. The van der Waals surface area contributed by atoms with E-state index in [-0.39, 0.29) is 0 Å². The van der Waals surface area contributed by atoms with Gasteiger partial charge in [0.1, 0.15) is 0 Å². The van der Waals surface area contributed by atoms with E-state index in [1.54, 1.807) is 5.57 Å². The molecule has 116 valence electrons. The maximum absolute atomic E-state index is 3.62. The molecule has 0 saturated heterocycles. The molecule has 1 aliphatic carbocycles. The standard InChI is InChI=1S/C20H31N/c1-4-12-21-15-20(18-8-6-5-7-9-18)14-19-13-16(2)10-11-17(19)3/h10-11,13-14,18,21H,4-9,12,15H2,1-3H3/b20-14-. The molecule has 0 atom stereocenters. The number of hydrogen-bond acceptors (Lipinski definition) is 1. The van der Waals surface area contributed by atoms with Crippen LogP contribution in [0.15, 0.2) is 23.8 Å². The van der Waals surface area contributed by atoms with E-state index in [2.05, 4.69) is 50.4 Å². The minimum atomic E-state index is 0.794. The van der Waals surface area contributed by atoms with Gasteiger partial charge in [-0.1, -0.05) is 61.6 Å². The summed E-state index contributed by atoms with van der Waals surface area (Å²) in [5, 5.41) is 3.62. The second-order valence-corrected chi connectivity index (χ2v) is 6.59. The minimum Gasteiger partial charge on any atom is -0.313 e. The van der Waals surface area contributed by atoms with Gasteiger partial charge in [0.05, 0.1) is 0 Å². The van der Waals surface area contributed by atoms with Gasteiger partial charge in [-0.3, -0.25) is 0 Å². The van der Waals surface area contributed by atoms with Crippen LogP contribution in [-0.2, 0) is 0 Å². The summed E-state index contributed by atoms with van der Waals surface area (Å²) in [5.74, 6) is 0.794. The highest BCUT2D eigenvalue weighted by molar-refractivity contribution is 5.58. The molecule has 1 fully saturated rings. The molecule has 0 bridgehead atoms. The second kappa shape index (κ2) is 8.38. The Balaban J connectivity index is 2.19. The molecule has 1 saturated carbocycles. The molecule has 2 rings (SSSR count). The molecular weight excluding hydrogens is 254 g/mol. The summed E-state index contributed by atoms with van der Waals surface area (Å²) in [5.41, 5.74) is 5.78. The fourth-order valence-corrected chi connectivity index (χ4v) is 3.31. The van der Waals surface area contributed by atoms with Crippen molar-refractivity contribution in [2.75, 3.05) is 13.1 Å². The number of aryl methyl sites for hydroxylation is 2. The Morgan fingerprint density at radius 3 is 2.67 bits per heavy atom. The molecule has 1 aromatic rings. The summed E-state index contributed by atoms with van der Waals surface area (Å²) < 4.78 is 0. The Morgan fingerprint density at radius 1 is 1.19 bits per heavy atom. The van der Waals surface area contributed by atoms with E-state index in [0.29, 0.717) is 0 Å². The zero-order chi connectivity index (χ0) is 15.1. The average molecular weight is 285 g/mol. The number of benzene rings is 1. The summed E-state index contributed by atoms with van der Waals surface area (Å²) in [6.07, 6.45) is 10.7. The van der Waals surface area contributed by atoms with Crippen LogP contribution in [0, 0.1) is 19.8 Å². The third kappa shape index (κ3) is 5.00. The lowest BCUT2D eigenvalue weighted by atomic mass is 9.82. The van der Waals surface area contributed by atoms with Gasteiger partial charge >= 0.3 is 0 Å². The Kier molecular flexibility index (Phi) is 6.50. The zero-order valence-electron chi connectivity index (χ0n) is 14.0. The van der Waals surface area contributed by atoms with Crippen molar-refractivity contribution in [2.45, 2.75) is 59.3 Å². The Bertz CT molecular complexity index is 467. The third-order valence-electron chi connectivity index (χ3n) is 4.66. The molecule has 0 aromatic heterocycles. The summed E-state index contributed by atoms with van der Waals surface area (Å²) in [6, 6.07) is 6.79. The normalized spacial score (nSPS) is 17.2. The monoisotopic (exact) mass is 285 g/mol. The Labute approximate surface area is 130 Å². The van der Waals surface area contributed by atoms with Crippen molar-refractivity contribution >= 4 is 6.08 Å². The first-order valence-electron chi connectivity index (χ1n) is 8.69. The maximum Gasteiger partial charge on any atom is 0.0170 e. The van der Waals surface area contributed by atoms with Gasteiger partial charge in [0.2, 0.25) is 0 Å². The van der Waals surface area contributed by atoms with Crippen molar-refractivity contribution in [3.8, 4) is 0 Å². The Morgan fingerprint density at radius 2 is 1.95 bits per heavy atom. The summed E-state index contributed by atoms with van der Waals surface area (Å²) in [6.45, 7) is 8.83. The predicted molar refractivity (Wildman–Crippen MR) is 93.6 cm³/mol. The largest absolute Gasteiger partial charge is 0.313 e. The van der Waals surface area contributed by atoms with E-state index in [1.807, 2.05) is 0 Å². The summed E-state index contributed by atoms with van der Waals surface area (Å²) >= 11 is 0. The smallest absolute Gasteiger partial charge is 0.0170 e. The van der Waals surface area contributed by atoms with Gasteiger partial charge in [0.25, 0.3) is 0 Å². The third-order valence-corrected chi connectivity index (χ3v) is 4.66. The predicted octanol–water partition coefficient (Wildman–Crippen LogP) is 5.27. The van der Waals surface area contributed by atoms with Gasteiger partial charge in [-0.2, -0.15) is 0 Å². The number of hydrogen-bond donors (Lipinski definition) is 1. The van der Waals surface area contributed by atoms with Crippen molar-refractivity contribution in [3.05, 3.63) is 40.5 Å². The van der Waals surface area contributed by atoms with Crippen LogP contribution in [0.25, 0.3) is 6.08 Å². The van der Waals surface area contributed by atoms with Gasteiger partial charge in [0, 0.05) is 6.54 Å². The van der Waals surface area contributed by atoms with Gasteiger partial charge in [-0.15, -0.1) is 0 Å². The quantitative estimate of drug-likeness (QED) is 0.702. The van der Waals surface area contributed by atoms with E-state index < -0.39 is 0 Å². The number of nitrogens with one attached hydrogen (secondary N) is 1. The van der Waals surface area contributed by atoms with Gasteiger partial charge in [-0.05, 0) is 56.7 Å². The molecule has 1 aromatic carbocycles. The van der Waals surface area contributed by atoms with Crippen molar-refractivity contribution in [2.24, 2.45) is 5.92 Å². The van der Waals surface area contributed by atoms with E-state index in [9.17, 15) is 0 Å². The summed E-state index contributed by atoms with van der Waals surface area (Å²) in [4.78, 5) is 0. The van der Waals surface area contributed by atoms with Crippen molar-refractivity contribution in [1.82, 2.24) is 5.32 Å². The lowest BCUT2D eigenvalue weighted by Gasteiger charge is -2.25. The van der Waals surface area contributed by atoms with Crippen LogP contribution in [-0.4, -0.2) is 13.1 Å². The van der Waals surface area contributed by atoms with Crippen molar-refractivity contribution in [3.63, 3.8) is 0 Å². The van der Waals surface area contributed by atoms with E-state index in [1.165, 1.54) is 55.2 Å². The molecule has 1 aliphatic rings. The molecule has 0 amide bonds. The van der Waals surface area contributed by atoms with E-state index in [4.69, 9.17) is 0 Å². The molecule has 1 nitrogen and oxygen atoms in total. The van der Waals surface area contributed by atoms with E-state index >= 15 is 0 Å². The fraction of sp³-hybridized carbons (Fsp3) is 0.600. The van der Waals surface area contributed by atoms with Gasteiger partial charge < -0.3 is 5.32 Å². The molecule has 1 N–H and O–H groups in total. The molecule has 21 heavy (non-hydrogen) atoms. The molecule has 0 unspecified atom stereocenters. The molecule has 0 radical (unpaired) electrons. The zero-order valence-corrected chi connectivity index (χ0v) is 14.0. The van der Waals surface area contributed by atoms with Crippen LogP contribution in [0.2, 0.25) is 0 Å². The van der Waals surface area contributed by atoms with Crippen LogP contribution in [0.3, 0.4) is 0 Å². The first kappa shape index (κ1) is 16.3. The maximum atomic E-state index is 3.62. The first-order chi connectivity index (χ1) is 10.2. The topological polar surface area (TPSA) is 12.0 Å². The van der Waals surface area contributed by atoms with Gasteiger partial charge in [-0.25, -0.2) is 0 Å². The van der Waals surface area contributed by atoms with Crippen molar-refractivity contribution in [1.29, 1.82) is 0 Å². The molecular formula is C20H31N. The second-order valence-electron chi connectivity index (χ2n) is 6.59. The highest BCUT2D eigenvalue weighted by Crippen LogP contribution is 2.31. The molecule has 1 heteroatoms. The molecule has 0 aliphatic heterocycles. The summed E-state index contributed by atoms with van der Waals surface area (Å²) in [7, 11) is 0. The average Bonchev–Trinajstić information content (AvgIpc) is 2.51.